The average Bonchev–Trinajstić information content (AvgIpc) is 3.81. The van der Waals surface area contributed by atoms with Gasteiger partial charge in [0.1, 0.15) is 11.2 Å². The number of rotatable bonds is 6. The van der Waals surface area contributed by atoms with Crippen LogP contribution in [0.5, 0.6) is 0 Å². The van der Waals surface area contributed by atoms with Crippen molar-refractivity contribution in [2.45, 2.75) is 5.41 Å². The Bertz CT molecular complexity index is 3030. The number of fused-ring (bicyclic) bond motifs is 6. The van der Waals surface area contributed by atoms with Gasteiger partial charge in [0, 0.05) is 27.5 Å². The second-order valence-electron chi connectivity index (χ2n) is 14.3. The number of furan rings is 1. The quantitative estimate of drug-likeness (QED) is 0.172. The van der Waals surface area contributed by atoms with Gasteiger partial charge in [-0.25, -0.2) is 15.0 Å². The molecule has 56 heavy (non-hydrogen) atoms. The molecule has 0 N–H and O–H groups in total. The van der Waals surface area contributed by atoms with E-state index >= 15 is 0 Å². The van der Waals surface area contributed by atoms with Gasteiger partial charge >= 0.3 is 0 Å². The Hall–Kier alpha value is -7.43. The molecule has 11 rings (SSSR count). The van der Waals surface area contributed by atoms with Crippen LogP contribution in [0.2, 0.25) is 0 Å². The van der Waals surface area contributed by atoms with Gasteiger partial charge in [-0.05, 0) is 68.8 Å². The van der Waals surface area contributed by atoms with Crippen LogP contribution in [0.15, 0.2) is 205 Å². The Labute approximate surface area is 324 Å². The number of hydrogen-bond acceptors (Lipinski definition) is 4. The molecule has 0 spiro atoms. The number of para-hydroxylation sites is 1. The SMILES string of the molecule is c1ccc(-c2cc(-c3nc(-c4ccccc4)nc(-c4cccc(C5(c6ccccc6)c6ccccc6-c6ccccc65)c4)n3)c3c(c2)oc2ccccc23)cc1. The number of aromatic nitrogens is 3. The van der Waals surface area contributed by atoms with Gasteiger partial charge in [-0.2, -0.15) is 0 Å². The minimum Gasteiger partial charge on any atom is -0.456 e. The minimum atomic E-state index is -0.547. The summed E-state index contributed by atoms with van der Waals surface area (Å²) < 4.78 is 6.52. The summed E-state index contributed by atoms with van der Waals surface area (Å²) in [6.45, 7) is 0. The molecule has 0 bridgehead atoms. The molecule has 1 aliphatic rings. The summed E-state index contributed by atoms with van der Waals surface area (Å²) in [5.41, 5.74) is 13.3. The third-order valence-corrected chi connectivity index (χ3v) is 11.2. The highest BCUT2D eigenvalue weighted by molar-refractivity contribution is 6.13. The van der Waals surface area contributed by atoms with Gasteiger partial charge in [0.15, 0.2) is 17.5 Å². The highest BCUT2D eigenvalue weighted by atomic mass is 16.3. The first-order valence-electron chi connectivity index (χ1n) is 18.9. The number of nitrogens with zero attached hydrogens (tertiary/aromatic N) is 3. The highest BCUT2D eigenvalue weighted by Crippen LogP contribution is 2.56. The summed E-state index contributed by atoms with van der Waals surface area (Å²) in [7, 11) is 0. The lowest BCUT2D eigenvalue weighted by Gasteiger charge is -2.34. The van der Waals surface area contributed by atoms with E-state index < -0.39 is 5.41 Å². The van der Waals surface area contributed by atoms with Crippen LogP contribution in [0.1, 0.15) is 22.3 Å². The zero-order valence-corrected chi connectivity index (χ0v) is 30.3. The molecule has 10 aromatic rings. The maximum absolute atomic E-state index is 6.52. The Kier molecular flexibility index (Phi) is 7.36. The van der Waals surface area contributed by atoms with E-state index in [-0.39, 0.29) is 0 Å². The summed E-state index contributed by atoms with van der Waals surface area (Å²) in [6.07, 6.45) is 0. The zero-order valence-electron chi connectivity index (χ0n) is 30.3. The third kappa shape index (κ3) is 4.96. The molecule has 0 radical (unpaired) electrons. The number of hydrogen-bond donors (Lipinski definition) is 0. The van der Waals surface area contributed by atoms with Crippen LogP contribution in [0.3, 0.4) is 0 Å². The molecule has 0 amide bonds. The van der Waals surface area contributed by atoms with Crippen molar-refractivity contribution < 1.29 is 4.42 Å². The van der Waals surface area contributed by atoms with Crippen molar-refractivity contribution in [1.82, 2.24) is 15.0 Å². The molecular formula is C52H33N3O. The van der Waals surface area contributed by atoms with Crippen LogP contribution in [0.4, 0.5) is 0 Å². The zero-order chi connectivity index (χ0) is 37.1. The molecule has 2 aromatic heterocycles. The van der Waals surface area contributed by atoms with Crippen molar-refractivity contribution in [2.24, 2.45) is 0 Å². The van der Waals surface area contributed by atoms with E-state index in [2.05, 4.69) is 158 Å². The van der Waals surface area contributed by atoms with Crippen molar-refractivity contribution in [3.05, 3.63) is 222 Å². The molecule has 0 fully saturated rings. The van der Waals surface area contributed by atoms with Gasteiger partial charge in [-0.1, -0.05) is 176 Å². The van der Waals surface area contributed by atoms with Crippen molar-refractivity contribution in [3.8, 4) is 56.4 Å². The standard InChI is InChI=1S/C52H33N3O/c1-4-17-34(18-5-1)37-32-43(48-42-27-12-15-30-46(42)56-47(48)33-37)51-54-49(35-19-6-2-7-20-35)53-50(55-51)36-21-16-24-39(31-36)52(38-22-8-3-9-23-38)44-28-13-10-25-40(44)41-26-11-14-29-45(41)52/h1-33H. The molecule has 0 atom stereocenters. The Balaban J connectivity index is 1.18. The van der Waals surface area contributed by atoms with Crippen molar-refractivity contribution in [3.63, 3.8) is 0 Å². The van der Waals surface area contributed by atoms with Crippen LogP contribution >= 0.6 is 0 Å². The van der Waals surface area contributed by atoms with Gasteiger partial charge < -0.3 is 4.42 Å². The normalized spacial score (nSPS) is 12.8. The molecule has 0 unspecified atom stereocenters. The fourth-order valence-electron chi connectivity index (χ4n) is 8.77. The van der Waals surface area contributed by atoms with E-state index in [0.29, 0.717) is 17.5 Å². The molecule has 4 heteroatoms. The van der Waals surface area contributed by atoms with E-state index in [4.69, 9.17) is 19.4 Å². The van der Waals surface area contributed by atoms with Gasteiger partial charge in [0.05, 0.1) is 5.41 Å². The van der Waals surface area contributed by atoms with Crippen molar-refractivity contribution in [2.75, 3.05) is 0 Å². The summed E-state index contributed by atoms with van der Waals surface area (Å²) >= 11 is 0. The molecule has 8 aromatic carbocycles. The van der Waals surface area contributed by atoms with Crippen LogP contribution in [-0.2, 0) is 5.41 Å². The monoisotopic (exact) mass is 715 g/mol. The predicted molar refractivity (Wildman–Crippen MR) is 226 cm³/mol. The second kappa shape index (κ2) is 12.9. The summed E-state index contributed by atoms with van der Waals surface area (Å²) in [4.78, 5) is 15.8. The molecule has 4 nitrogen and oxygen atoms in total. The van der Waals surface area contributed by atoms with Gasteiger partial charge in [-0.3, -0.25) is 0 Å². The minimum absolute atomic E-state index is 0.547. The van der Waals surface area contributed by atoms with Crippen LogP contribution < -0.4 is 0 Å². The maximum Gasteiger partial charge on any atom is 0.164 e. The van der Waals surface area contributed by atoms with Crippen molar-refractivity contribution in [1.29, 1.82) is 0 Å². The molecular weight excluding hydrogens is 683 g/mol. The van der Waals surface area contributed by atoms with Crippen molar-refractivity contribution >= 4 is 21.9 Å². The lowest BCUT2D eigenvalue weighted by Crippen LogP contribution is -2.28. The van der Waals surface area contributed by atoms with Crippen LogP contribution in [0, 0.1) is 0 Å². The topological polar surface area (TPSA) is 51.8 Å². The Morgan fingerprint density at radius 3 is 1.59 bits per heavy atom. The fourth-order valence-corrected chi connectivity index (χ4v) is 8.77. The Morgan fingerprint density at radius 1 is 0.339 bits per heavy atom. The molecule has 0 aliphatic heterocycles. The van der Waals surface area contributed by atoms with E-state index in [1.807, 2.05) is 42.5 Å². The first-order chi connectivity index (χ1) is 27.8. The van der Waals surface area contributed by atoms with Gasteiger partial charge in [-0.15, -0.1) is 0 Å². The van der Waals surface area contributed by atoms with E-state index in [1.165, 1.54) is 27.8 Å². The van der Waals surface area contributed by atoms with E-state index in [9.17, 15) is 0 Å². The first kappa shape index (κ1) is 32.0. The van der Waals surface area contributed by atoms with E-state index in [1.54, 1.807) is 0 Å². The molecule has 2 heterocycles. The largest absolute Gasteiger partial charge is 0.456 e. The summed E-state index contributed by atoms with van der Waals surface area (Å²) in [5, 5.41) is 2.00. The second-order valence-corrected chi connectivity index (χ2v) is 14.3. The molecule has 262 valence electrons. The third-order valence-electron chi connectivity index (χ3n) is 11.2. The summed E-state index contributed by atoms with van der Waals surface area (Å²) in [6, 6.07) is 70.4. The summed E-state index contributed by atoms with van der Waals surface area (Å²) in [5.74, 6) is 1.80. The van der Waals surface area contributed by atoms with Gasteiger partial charge in [0.2, 0.25) is 0 Å². The lowest BCUT2D eigenvalue weighted by atomic mass is 9.67. The fraction of sp³-hybridized carbons (Fsp3) is 0.0192. The van der Waals surface area contributed by atoms with E-state index in [0.717, 1.165) is 55.3 Å². The first-order valence-corrected chi connectivity index (χ1v) is 18.9. The van der Waals surface area contributed by atoms with Crippen LogP contribution in [0.25, 0.3) is 78.4 Å². The van der Waals surface area contributed by atoms with Crippen LogP contribution in [-0.4, -0.2) is 15.0 Å². The molecule has 0 saturated heterocycles. The smallest absolute Gasteiger partial charge is 0.164 e. The lowest BCUT2D eigenvalue weighted by molar-refractivity contribution is 0.669. The van der Waals surface area contributed by atoms with Gasteiger partial charge in [0.25, 0.3) is 0 Å². The maximum atomic E-state index is 6.52. The predicted octanol–water partition coefficient (Wildman–Crippen LogP) is 12.8. The highest BCUT2D eigenvalue weighted by Gasteiger charge is 2.46. The Morgan fingerprint density at radius 2 is 0.875 bits per heavy atom. The molecule has 1 aliphatic carbocycles. The molecule has 0 saturated carbocycles. The average molecular weight is 716 g/mol. The number of benzene rings is 8.